The van der Waals surface area contributed by atoms with Crippen molar-refractivity contribution >= 4 is 33.0 Å². The Bertz CT molecular complexity index is 1040. The van der Waals surface area contributed by atoms with Crippen LogP contribution in [0.5, 0.6) is 0 Å². The number of aromatic nitrogens is 4. The third-order valence-corrected chi connectivity index (χ3v) is 4.77. The number of rotatable bonds is 4. The van der Waals surface area contributed by atoms with Crippen molar-refractivity contribution < 1.29 is 13.2 Å². The number of amides is 1. The van der Waals surface area contributed by atoms with Gasteiger partial charge in [0.05, 0.1) is 15.5 Å². The largest absolute Gasteiger partial charge is 0.322 e. The number of carbonyl (C=O) groups is 1. The number of aromatic amines is 1. The summed E-state index contributed by atoms with van der Waals surface area (Å²) in [5.41, 5.74) is 1.20. The first-order valence-electron chi connectivity index (χ1n) is 6.99. The molecule has 3 rings (SSSR count). The predicted molar refractivity (Wildman–Crippen MR) is 92.1 cm³/mol. The first-order chi connectivity index (χ1) is 11.8. The van der Waals surface area contributed by atoms with E-state index in [1.807, 2.05) is 0 Å². The zero-order valence-corrected chi connectivity index (χ0v) is 14.5. The zero-order chi connectivity index (χ0) is 18.0. The molecule has 0 atom stereocenters. The smallest absolute Gasteiger partial charge is 0.257 e. The lowest BCUT2D eigenvalue weighted by Gasteiger charge is -2.09. The number of sulfone groups is 1. The average Bonchev–Trinajstić information content (AvgIpc) is 3.09. The predicted octanol–water partition coefficient (Wildman–Crippen LogP) is 2.18. The van der Waals surface area contributed by atoms with Crippen LogP contribution in [0.25, 0.3) is 11.4 Å². The van der Waals surface area contributed by atoms with Crippen LogP contribution in [0, 0.1) is 0 Å². The Morgan fingerprint density at radius 1 is 1.20 bits per heavy atom. The summed E-state index contributed by atoms with van der Waals surface area (Å²) in [5, 5.41) is 16.4. The minimum atomic E-state index is -3.45. The highest BCUT2D eigenvalue weighted by Crippen LogP contribution is 2.23. The van der Waals surface area contributed by atoms with Gasteiger partial charge in [-0.15, -0.1) is 10.2 Å². The van der Waals surface area contributed by atoms with E-state index in [9.17, 15) is 13.2 Å². The van der Waals surface area contributed by atoms with Crippen LogP contribution < -0.4 is 5.32 Å². The molecular weight excluding hydrogens is 366 g/mol. The van der Waals surface area contributed by atoms with Crippen molar-refractivity contribution in [3.05, 3.63) is 53.1 Å². The molecule has 25 heavy (non-hydrogen) atoms. The van der Waals surface area contributed by atoms with E-state index in [1.165, 1.54) is 18.2 Å². The maximum atomic E-state index is 12.5. The Kier molecular flexibility index (Phi) is 4.51. The van der Waals surface area contributed by atoms with Crippen LogP contribution in [-0.2, 0) is 9.84 Å². The lowest BCUT2D eigenvalue weighted by Crippen LogP contribution is -2.13. The summed E-state index contributed by atoms with van der Waals surface area (Å²) in [7, 11) is -3.45. The van der Waals surface area contributed by atoms with Gasteiger partial charge in [0, 0.05) is 17.5 Å². The zero-order valence-electron chi connectivity index (χ0n) is 12.9. The van der Waals surface area contributed by atoms with E-state index in [0.29, 0.717) is 17.1 Å². The van der Waals surface area contributed by atoms with Crippen molar-refractivity contribution in [1.82, 2.24) is 20.6 Å². The molecule has 1 aromatic heterocycles. The minimum Gasteiger partial charge on any atom is -0.322 e. The Hall–Kier alpha value is -2.78. The van der Waals surface area contributed by atoms with Crippen LogP contribution in [0.4, 0.5) is 5.69 Å². The second-order valence-corrected chi connectivity index (χ2v) is 7.61. The molecule has 0 aliphatic heterocycles. The van der Waals surface area contributed by atoms with Crippen LogP contribution >= 0.6 is 11.6 Å². The second kappa shape index (κ2) is 6.61. The van der Waals surface area contributed by atoms with Crippen molar-refractivity contribution in [1.29, 1.82) is 0 Å². The van der Waals surface area contributed by atoms with Gasteiger partial charge in [-0.05, 0) is 35.5 Å². The number of hydrogen-bond acceptors (Lipinski definition) is 6. The average molecular weight is 378 g/mol. The molecule has 1 heterocycles. The van der Waals surface area contributed by atoms with Gasteiger partial charge in [-0.1, -0.05) is 23.7 Å². The molecule has 128 valence electrons. The van der Waals surface area contributed by atoms with Crippen molar-refractivity contribution in [3.63, 3.8) is 0 Å². The number of halogens is 1. The Labute approximate surface area is 148 Å². The van der Waals surface area contributed by atoms with Gasteiger partial charge < -0.3 is 5.32 Å². The van der Waals surface area contributed by atoms with Crippen LogP contribution in [-0.4, -0.2) is 41.2 Å². The van der Waals surface area contributed by atoms with Crippen molar-refractivity contribution in [2.24, 2.45) is 0 Å². The number of nitrogens with zero attached hydrogens (tertiary/aromatic N) is 3. The van der Waals surface area contributed by atoms with Gasteiger partial charge in [-0.2, -0.15) is 5.21 Å². The lowest BCUT2D eigenvalue weighted by molar-refractivity contribution is 0.102. The Balaban J connectivity index is 1.89. The van der Waals surface area contributed by atoms with Crippen LogP contribution in [0.15, 0.2) is 47.4 Å². The normalized spacial score (nSPS) is 11.3. The highest BCUT2D eigenvalue weighted by molar-refractivity contribution is 7.90. The van der Waals surface area contributed by atoms with E-state index in [-0.39, 0.29) is 15.5 Å². The fraction of sp³-hybridized carbons (Fsp3) is 0.0667. The summed E-state index contributed by atoms with van der Waals surface area (Å²) in [4.78, 5) is 12.5. The first kappa shape index (κ1) is 17.1. The lowest BCUT2D eigenvalue weighted by atomic mass is 10.1. The molecule has 10 heteroatoms. The third kappa shape index (κ3) is 3.83. The molecule has 0 aliphatic rings. The van der Waals surface area contributed by atoms with Crippen LogP contribution in [0.1, 0.15) is 10.4 Å². The van der Waals surface area contributed by atoms with E-state index in [2.05, 4.69) is 25.9 Å². The topological polar surface area (TPSA) is 118 Å². The number of carbonyl (C=O) groups excluding carboxylic acids is 1. The quantitative estimate of drug-likeness (QED) is 0.719. The number of tetrazole rings is 1. The molecular formula is C15H12ClN5O3S. The molecule has 0 bridgehead atoms. The fourth-order valence-electron chi connectivity index (χ4n) is 2.13. The van der Waals surface area contributed by atoms with Crippen molar-refractivity contribution in [2.75, 3.05) is 11.6 Å². The van der Waals surface area contributed by atoms with Crippen LogP contribution in [0.3, 0.4) is 0 Å². The molecule has 0 spiro atoms. The molecule has 0 saturated carbocycles. The summed E-state index contributed by atoms with van der Waals surface area (Å²) in [6, 6.07) is 10.8. The summed E-state index contributed by atoms with van der Waals surface area (Å²) >= 11 is 6.03. The summed E-state index contributed by atoms with van der Waals surface area (Å²) in [6.07, 6.45) is 1.06. The van der Waals surface area contributed by atoms with Gasteiger partial charge in [-0.25, -0.2) is 8.42 Å². The molecule has 8 nitrogen and oxygen atoms in total. The minimum absolute atomic E-state index is 0.0163. The fourth-order valence-corrected chi connectivity index (χ4v) is 2.98. The molecule has 1 amide bonds. The van der Waals surface area contributed by atoms with Gasteiger partial charge in [0.15, 0.2) is 9.84 Å². The van der Waals surface area contributed by atoms with Gasteiger partial charge in [-0.3, -0.25) is 4.79 Å². The van der Waals surface area contributed by atoms with Crippen molar-refractivity contribution in [3.8, 4) is 11.4 Å². The maximum absolute atomic E-state index is 12.5. The standard InChI is InChI=1S/C15H12ClN5O3S/c1-25(23,24)11-5-6-13(16)12(8-11)15(22)17-10-4-2-3-9(7-10)14-18-20-21-19-14/h2-8H,1H3,(H,17,22)(H,18,19,20,21). The van der Waals surface area contributed by atoms with Gasteiger partial charge >= 0.3 is 0 Å². The van der Waals surface area contributed by atoms with Gasteiger partial charge in [0.1, 0.15) is 0 Å². The summed E-state index contributed by atoms with van der Waals surface area (Å²) < 4.78 is 23.3. The number of nitrogens with one attached hydrogen (secondary N) is 2. The number of anilines is 1. The van der Waals surface area contributed by atoms with E-state index in [1.54, 1.807) is 24.3 Å². The molecule has 2 N–H and O–H groups in total. The van der Waals surface area contributed by atoms with E-state index >= 15 is 0 Å². The van der Waals surface area contributed by atoms with Gasteiger partial charge in [0.25, 0.3) is 5.91 Å². The molecule has 0 unspecified atom stereocenters. The number of hydrogen-bond donors (Lipinski definition) is 2. The van der Waals surface area contributed by atoms with E-state index in [4.69, 9.17) is 11.6 Å². The maximum Gasteiger partial charge on any atom is 0.257 e. The summed E-state index contributed by atoms with van der Waals surface area (Å²) in [5.74, 6) is -0.144. The molecule has 3 aromatic rings. The summed E-state index contributed by atoms with van der Waals surface area (Å²) in [6.45, 7) is 0. The van der Waals surface area contributed by atoms with Crippen LogP contribution in [0.2, 0.25) is 5.02 Å². The van der Waals surface area contributed by atoms with Gasteiger partial charge in [0.2, 0.25) is 5.82 Å². The molecule has 0 radical (unpaired) electrons. The monoisotopic (exact) mass is 377 g/mol. The number of benzene rings is 2. The highest BCUT2D eigenvalue weighted by atomic mass is 35.5. The molecule has 2 aromatic carbocycles. The second-order valence-electron chi connectivity index (χ2n) is 5.18. The molecule has 0 aliphatic carbocycles. The third-order valence-electron chi connectivity index (χ3n) is 3.33. The first-order valence-corrected chi connectivity index (χ1v) is 9.26. The SMILES string of the molecule is CS(=O)(=O)c1ccc(Cl)c(C(=O)Nc2cccc(-c3nn[nH]n3)c2)c1. The van der Waals surface area contributed by atoms with E-state index < -0.39 is 15.7 Å². The van der Waals surface area contributed by atoms with E-state index in [0.717, 1.165) is 6.26 Å². The highest BCUT2D eigenvalue weighted by Gasteiger charge is 2.16. The van der Waals surface area contributed by atoms with Crippen molar-refractivity contribution in [2.45, 2.75) is 4.90 Å². The number of H-pyrrole nitrogens is 1. The Morgan fingerprint density at radius 2 is 2.00 bits per heavy atom. The molecule has 0 saturated heterocycles. The molecule has 0 fully saturated rings. The Morgan fingerprint density at radius 3 is 2.68 bits per heavy atom.